The summed E-state index contributed by atoms with van der Waals surface area (Å²) in [6.07, 6.45) is 4.19. The molecule has 5 heterocycles. The van der Waals surface area contributed by atoms with E-state index in [4.69, 9.17) is 4.74 Å². The van der Waals surface area contributed by atoms with Crippen molar-refractivity contribution >= 4 is 11.0 Å². The molecule has 0 amide bonds. The molecule has 7 nitrogen and oxygen atoms in total. The first-order valence-corrected chi connectivity index (χ1v) is 9.36. The van der Waals surface area contributed by atoms with Crippen molar-refractivity contribution in [1.29, 1.82) is 0 Å². The third kappa shape index (κ3) is 2.95. The number of nitrogens with zero attached hydrogens (tertiary/aromatic N) is 5. The third-order valence-corrected chi connectivity index (χ3v) is 5.36. The Bertz CT molecular complexity index is 1240. The van der Waals surface area contributed by atoms with Gasteiger partial charge < -0.3 is 4.74 Å². The largest absolute Gasteiger partial charge is 0.381 e. The number of alkyl halides is 1. The fourth-order valence-corrected chi connectivity index (χ4v) is 4.04. The number of H-pyrrole nitrogens is 1. The minimum Gasteiger partial charge on any atom is -0.381 e. The highest BCUT2D eigenvalue weighted by molar-refractivity contribution is 5.97. The molecule has 30 heavy (non-hydrogen) atoms. The molecule has 4 aromatic heterocycles. The molecular formula is C20H17F3N6O. The van der Waals surface area contributed by atoms with E-state index in [1.807, 2.05) is 0 Å². The molecule has 0 saturated carbocycles. The summed E-state index contributed by atoms with van der Waals surface area (Å²) >= 11 is 0. The van der Waals surface area contributed by atoms with E-state index in [1.54, 1.807) is 0 Å². The van der Waals surface area contributed by atoms with Crippen molar-refractivity contribution in [2.75, 3.05) is 13.7 Å². The van der Waals surface area contributed by atoms with Gasteiger partial charge in [0.1, 0.15) is 17.3 Å². The number of halogens is 3. The van der Waals surface area contributed by atoms with E-state index in [0.717, 1.165) is 12.4 Å². The summed E-state index contributed by atoms with van der Waals surface area (Å²) in [5.74, 6) is -1.06. The Morgan fingerprint density at radius 1 is 1.17 bits per heavy atom. The molecule has 5 rings (SSSR count). The Labute approximate surface area is 168 Å². The highest BCUT2D eigenvalue weighted by atomic mass is 19.1. The zero-order chi connectivity index (χ0) is 20.9. The van der Waals surface area contributed by atoms with E-state index in [1.165, 1.54) is 30.1 Å². The smallest absolute Gasteiger partial charge is 0.155 e. The molecule has 1 atom stereocenters. The maximum atomic E-state index is 15.2. The summed E-state index contributed by atoms with van der Waals surface area (Å²) < 4.78 is 50.2. The highest BCUT2D eigenvalue weighted by Gasteiger charge is 2.38. The summed E-state index contributed by atoms with van der Waals surface area (Å²) in [6.45, 7) is -0.104. The normalized spacial score (nSPS) is 18.7. The lowest BCUT2D eigenvalue weighted by molar-refractivity contribution is 0.0100. The second-order valence-electron chi connectivity index (χ2n) is 7.39. The first kappa shape index (κ1) is 18.7. The van der Waals surface area contributed by atoms with E-state index in [-0.39, 0.29) is 25.1 Å². The van der Waals surface area contributed by atoms with Gasteiger partial charge in [0.15, 0.2) is 11.3 Å². The monoisotopic (exact) mass is 414 g/mol. The van der Waals surface area contributed by atoms with Gasteiger partial charge in [0.05, 0.1) is 37.4 Å². The predicted octanol–water partition coefficient (Wildman–Crippen LogP) is 3.46. The van der Waals surface area contributed by atoms with Crippen LogP contribution in [-0.2, 0) is 17.7 Å². The van der Waals surface area contributed by atoms with Crippen LogP contribution in [0, 0.1) is 11.6 Å². The van der Waals surface area contributed by atoms with Gasteiger partial charge in [-0.05, 0) is 25.0 Å². The maximum absolute atomic E-state index is 15.2. The number of hydrogen-bond donors (Lipinski definition) is 1. The minimum absolute atomic E-state index is 0.0361. The Morgan fingerprint density at radius 3 is 2.80 bits per heavy atom. The molecule has 1 aliphatic heterocycles. The van der Waals surface area contributed by atoms with Crippen molar-refractivity contribution in [2.24, 2.45) is 0 Å². The number of fused-ring (bicyclic) bond motifs is 2. The second kappa shape index (κ2) is 6.91. The maximum Gasteiger partial charge on any atom is 0.155 e. The Morgan fingerprint density at radius 2 is 2.03 bits per heavy atom. The number of nitrogens with one attached hydrogen (secondary N) is 1. The quantitative estimate of drug-likeness (QED) is 0.553. The van der Waals surface area contributed by atoms with Crippen molar-refractivity contribution in [2.45, 2.75) is 25.1 Å². The molecule has 1 N–H and O–H groups in total. The molecule has 1 aliphatic rings. The molecule has 4 aromatic rings. The number of ether oxygens (including phenoxy) is 1. The minimum atomic E-state index is -1.58. The van der Waals surface area contributed by atoms with Gasteiger partial charge in [0, 0.05) is 29.3 Å². The molecule has 0 bridgehead atoms. The summed E-state index contributed by atoms with van der Waals surface area (Å²) in [5.41, 5.74) is 0.957. The van der Waals surface area contributed by atoms with Crippen LogP contribution in [0.5, 0.6) is 0 Å². The molecule has 0 radical (unpaired) electrons. The van der Waals surface area contributed by atoms with Crippen LogP contribution in [0.4, 0.5) is 13.2 Å². The van der Waals surface area contributed by atoms with Crippen LogP contribution in [0.25, 0.3) is 33.5 Å². The lowest BCUT2D eigenvalue weighted by atomic mass is 9.91. The molecule has 0 spiro atoms. The first-order valence-electron chi connectivity index (χ1n) is 9.36. The number of pyridine rings is 2. The van der Waals surface area contributed by atoms with Gasteiger partial charge >= 0.3 is 0 Å². The molecule has 0 saturated heterocycles. The Hall–Kier alpha value is -3.27. The third-order valence-electron chi connectivity index (χ3n) is 5.36. The van der Waals surface area contributed by atoms with Gasteiger partial charge in [0.25, 0.3) is 0 Å². The van der Waals surface area contributed by atoms with Gasteiger partial charge in [-0.2, -0.15) is 10.2 Å². The SMILES string of the molecule is COCC1(F)CCc2c(-c3c(F)cnc4[nH]ncc34)c(-c3ccc(F)cn3)nn2C1. The zero-order valence-corrected chi connectivity index (χ0v) is 16.0. The Balaban J connectivity index is 1.77. The van der Waals surface area contributed by atoms with Crippen molar-refractivity contribution in [3.05, 3.63) is 48.1 Å². The summed E-state index contributed by atoms with van der Waals surface area (Å²) in [5, 5.41) is 11.7. The van der Waals surface area contributed by atoms with Crippen LogP contribution in [0.2, 0.25) is 0 Å². The molecule has 1 unspecified atom stereocenters. The van der Waals surface area contributed by atoms with E-state index in [0.29, 0.717) is 40.1 Å². The van der Waals surface area contributed by atoms with Crippen LogP contribution in [0.3, 0.4) is 0 Å². The van der Waals surface area contributed by atoms with Crippen LogP contribution in [-0.4, -0.2) is 49.3 Å². The van der Waals surface area contributed by atoms with Crippen LogP contribution < -0.4 is 0 Å². The van der Waals surface area contributed by atoms with E-state index in [9.17, 15) is 4.39 Å². The molecule has 0 aliphatic carbocycles. The van der Waals surface area contributed by atoms with Crippen LogP contribution >= 0.6 is 0 Å². The zero-order valence-electron chi connectivity index (χ0n) is 16.0. The fraction of sp³-hybridized carbons (Fsp3) is 0.300. The number of methoxy groups -OCH3 is 1. The summed E-state index contributed by atoms with van der Waals surface area (Å²) in [4.78, 5) is 8.14. The molecule has 154 valence electrons. The lowest BCUT2D eigenvalue weighted by Crippen LogP contribution is -2.39. The molecule has 0 aromatic carbocycles. The van der Waals surface area contributed by atoms with Gasteiger partial charge in [-0.3, -0.25) is 14.8 Å². The number of aromatic nitrogens is 6. The van der Waals surface area contributed by atoms with E-state index < -0.39 is 17.3 Å². The molecule has 0 fully saturated rings. The summed E-state index contributed by atoms with van der Waals surface area (Å²) in [6, 6.07) is 2.72. The van der Waals surface area contributed by atoms with Gasteiger partial charge in [-0.1, -0.05) is 0 Å². The average molecular weight is 414 g/mol. The van der Waals surface area contributed by atoms with Gasteiger partial charge in [-0.15, -0.1) is 0 Å². The van der Waals surface area contributed by atoms with Crippen LogP contribution in [0.15, 0.2) is 30.7 Å². The number of hydrogen-bond acceptors (Lipinski definition) is 5. The lowest BCUT2D eigenvalue weighted by Gasteiger charge is -2.30. The van der Waals surface area contributed by atoms with Gasteiger partial charge in [-0.25, -0.2) is 18.2 Å². The molecular weight excluding hydrogens is 397 g/mol. The fourth-order valence-electron chi connectivity index (χ4n) is 4.04. The first-order chi connectivity index (χ1) is 14.5. The van der Waals surface area contributed by atoms with Crippen molar-refractivity contribution in [1.82, 2.24) is 29.9 Å². The predicted molar refractivity (Wildman–Crippen MR) is 102 cm³/mol. The van der Waals surface area contributed by atoms with Crippen LogP contribution in [0.1, 0.15) is 12.1 Å². The van der Waals surface area contributed by atoms with E-state index >= 15 is 8.78 Å². The number of rotatable bonds is 4. The van der Waals surface area contributed by atoms with Crippen molar-refractivity contribution < 1.29 is 17.9 Å². The highest BCUT2D eigenvalue weighted by Crippen LogP contribution is 2.42. The van der Waals surface area contributed by atoms with Crippen molar-refractivity contribution in [3.63, 3.8) is 0 Å². The van der Waals surface area contributed by atoms with Gasteiger partial charge in [0.2, 0.25) is 0 Å². The molecule has 10 heteroatoms. The Kier molecular flexibility index (Phi) is 4.31. The van der Waals surface area contributed by atoms with Crippen molar-refractivity contribution in [3.8, 4) is 22.5 Å². The van der Waals surface area contributed by atoms with E-state index in [2.05, 4.69) is 25.3 Å². The standard InChI is InChI=1S/C20H17F3N6O/c1-30-10-20(23)5-4-15-17(16-12-7-26-27-19(12)25-8-13(16)22)18(28-29(15)9-20)14-3-2-11(21)6-24-14/h2-3,6-8H,4-5,9-10H2,1H3,(H,25,26,27). The number of aromatic amines is 1. The second-order valence-corrected chi connectivity index (χ2v) is 7.39. The average Bonchev–Trinajstić information content (AvgIpc) is 3.33. The topological polar surface area (TPSA) is 81.5 Å². The summed E-state index contributed by atoms with van der Waals surface area (Å²) in [7, 11) is 1.45.